The van der Waals surface area contributed by atoms with Gasteiger partial charge in [-0.2, -0.15) is 10.4 Å². The van der Waals surface area contributed by atoms with Crippen molar-refractivity contribution in [1.82, 2.24) is 0 Å². The molecule has 0 saturated carbocycles. The molecular formula is C11H10ClN5O2. The van der Waals surface area contributed by atoms with E-state index in [4.69, 9.17) is 33.1 Å². The number of amidine groups is 1. The summed E-state index contributed by atoms with van der Waals surface area (Å²) in [5, 5.41) is 28.7. The average molecular weight is 280 g/mol. The first-order valence-electron chi connectivity index (χ1n) is 4.98. The van der Waals surface area contributed by atoms with Crippen LogP contribution in [0.3, 0.4) is 0 Å². The van der Waals surface area contributed by atoms with Crippen molar-refractivity contribution in [2.75, 3.05) is 5.43 Å². The van der Waals surface area contributed by atoms with Crippen LogP contribution in [-0.4, -0.2) is 22.6 Å². The molecule has 1 aromatic carbocycles. The lowest BCUT2D eigenvalue weighted by atomic mass is 10.1. The number of carbonyl (C=O) groups is 1. The molecule has 8 heteroatoms. The summed E-state index contributed by atoms with van der Waals surface area (Å²) in [6.45, 7) is 1.66. The van der Waals surface area contributed by atoms with E-state index < -0.39 is 11.8 Å². The molecule has 0 atom stereocenters. The largest absolute Gasteiger partial charge is 0.478 e. The molecule has 7 nitrogen and oxygen atoms in total. The van der Waals surface area contributed by atoms with Crippen LogP contribution in [0.4, 0.5) is 5.69 Å². The molecule has 0 aliphatic rings. The van der Waals surface area contributed by atoms with Crippen molar-refractivity contribution in [1.29, 1.82) is 10.7 Å². The molecule has 0 bridgehead atoms. The fraction of sp³-hybridized carbons (Fsp3) is 0.0909. The van der Waals surface area contributed by atoms with E-state index in [0.717, 1.165) is 0 Å². The lowest BCUT2D eigenvalue weighted by Crippen LogP contribution is -2.22. The van der Waals surface area contributed by atoms with Crippen LogP contribution in [0.5, 0.6) is 0 Å². The van der Waals surface area contributed by atoms with Gasteiger partial charge in [0, 0.05) is 5.02 Å². The SMILES string of the molecule is Cc1cc(C(=O)O)c(N/N=C(\C#N)C(=N)N)cc1Cl. The zero-order valence-electron chi connectivity index (χ0n) is 9.86. The second-order valence-electron chi connectivity index (χ2n) is 3.55. The fourth-order valence-electron chi connectivity index (χ4n) is 1.21. The van der Waals surface area contributed by atoms with E-state index in [1.807, 2.05) is 0 Å². The van der Waals surface area contributed by atoms with Gasteiger partial charge in [0.05, 0.1) is 11.3 Å². The van der Waals surface area contributed by atoms with Crippen molar-refractivity contribution < 1.29 is 9.90 Å². The number of benzene rings is 1. The van der Waals surface area contributed by atoms with Gasteiger partial charge in [0.15, 0.2) is 5.84 Å². The molecule has 0 spiro atoms. The Kier molecular flexibility index (Phi) is 4.45. The van der Waals surface area contributed by atoms with Gasteiger partial charge in [-0.1, -0.05) is 11.6 Å². The number of carboxylic acids is 1. The van der Waals surface area contributed by atoms with Crippen LogP contribution in [0.25, 0.3) is 0 Å². The predicted molar refractivity (Wildman–Crippen MR) is 71.7 cm³/mol. The number of halogens is 1. The van der Waals surface area contributed by atoms with Crippen molar-refractivity contribution in [3.8, 4) is 6.07 Å². The second-order valence-corrected chi connectivity index (χ2v) is 3.96. The maximum absolute atomic E-state index is 11.1. The molecule has 0 aliphatic heterocycles. The summed E-state index contributed by atoms with van der Waals surface area (Å²) in [5.74, 6) is -1.69. The average Bonchev–Trinajstić information content (AvgIpc) is 2.33. The Balaban J connectivity index is 3.21. The van der Waals surface area contributed by atoms with Gasteiger partial charge in [-0.3, -0.25) is 10.8 Å². The molecule has 5 N–H and O–H groups in total. The summed E-state index contributed by atoms with van der Waals surface area (Å²) in [7, 11) is 0. The number of rotatable bonds is 4. The van der Waals surface area contributed by atoms with Crippen LogP contribution in [0.15, 0.2) is 17.2 Å². The van der Waals surface area contributed by atoms with E-state index in [1.165, 1.54) is 12.1 Å². The summed E-state index contributed by atoms with van der Waals surface area (Å²) >= 11 is 5.89. The highest BCUT2D eigenvalue weighted by atomic mass is 35.5. The van der Waals surface area contributed by atoms with E-state index >= 15 is 0 Å². The number of aromatic carboxylic acids is 1. The summed E-state index contributed by atoms with van der Waals surface area (Å²) in [6.07, 6.45) is 0. The highest BCUT2D eigenvalue weighted by molar-refractivity contribution is 6.45. The number of carboxylic acid groups (broad SMARTS) is 1. The lowest BCUT2D eigenvalue weighted by Gasteiger charge is -2.08. The van der Waals surface area contributed by atoms with Crippen molar-refractivity contribution in [2.24, 2.45) is 10.8 Å². The van der Waals surface area contributed by atoms with Crippen LogP contribution in [0.1, 0.15) is 15.9 Å². The number of nitrogens with zero attached hydrogens (tertiary/aromatic N) is 2. The second kappa shape index (κ2) is 5.84. The first-order valence-corrected chi connectivity index (χ1v) is 5.36. The van der Waals surface area contributed by atoms with Crippen LogP contribution in [0, 0.1) is 23.7 Å². The molecule has 0 saturated heterocycles. The molecule has 1 aromatic rings. The van der Waals surface area contributed by atoms with E-state index in [1.54, 1.807) is 13.0 Å². The number of anilines is 1. The van der Waals surface area contributed by atoms with Crippen LogP contribution < -0.4 is 11.2 Å². The number of hydrogen-bond acceptors (Lipinski definition) is 5. The van der Waals surface area contributed by atoms with Crippen molar-refractivity contribution >= 4 is 34.8 Å². The zero-order valence-corrected chi connectivity index (χ0v) is 10.6. The summed E-state index contributed by atoms with van der Waals surface area (Å²) in [6, 6.07) is 4.36. The Morgan fingerprint density at radius 1 is 1.63 bits per heavy atom. The third-order valence-corrected chi connectivity index (χ3v) is 2.59. The standard InChI is InChI=1S/C11H10ClN5O2/c1-5-2-6(11(18)19)8(3-7(5)12)16-17-9(4-13)10(14)15/h2-3,16H,1H3,(H3,14,15)(H,18,19)/b17-9+. The van der Waals surface area contributed by atoms with Crippen LogP contribution in [0.2, 0.25) is 5.02 Å². The number of hydrogen-bond donors (Lipinski definition) is 4. The molecule has 0 amide bonds. The summed E-state index contributed by atoms with van der Waals surface area (Å²) in [5.41, 5.74) is 7.79. The number of aryl methyl sites for hydroxylation is 1. The molecule has 19 heavy (non-hydrogen) atoms. The van der Waals surface area contributed by atoms with E-state index in [2.05, 4.69) is 10.5 Å². The minimum absolute atomic E-state index is 0.0495. The topological polar surface area (TPSA) is 135 Å². The number of nitrogens with two attached hydrogens (primary N) is 1. The lowest BCUT2D eigenvalue weighted by molar-refractivity contribution is 0.0698. The maximum atomic E-state index is 11.1. The van der Waals surface area contributed by atoms with Gasteiger partial charge in [0.1, 0.15) is 6.07 Å². The predicted octanol–water partition coefficient (Wildman–Crippen LogP) is 1.57. The molecule has 98 valence electrons. The van der Waals surface area contributed by atoms with E-state index in [9.17, 15) is 4.79 Å². The Bertz CT molecular complexity index is 618. The van der Waals surface area contributed by atoms with E-state index in [0.29, 0.717) is 10.6 Å². The maximum Gasteiger partial charge on any atom is 0.337 e. The van der Waals surface area contributed by atoms with Crippen LogP contribution in [-0.2, 0) is 0 Å². The molecule has 0 aromatic heterocycles. The molecule has 0 radical (unpaired) electrons. The van der Waals surface area contributed by atoms with Gasteiger partial charge in [-0.15, -0.1) is 0 Å². The highest BCUT2D eigenvalue weighted by Crippen LogP contribution is 2.25. The first kappa shape index (κ1) is 14.5. The molecule has 1 rings (SSSR count). The molecular weight excluding hydrogens is 270 g/mol. The van der Waals surface area contributed by atoms with Crippen molar-refractivity contribution in [3.05, 3.63) is 28.3 Å². The van der Waals surface area contributed by atoms with Gasteiger partial charge >= 0.3 is 5.97 Å². The number of nitriles is 1. The first-order chi connectivity index (χ1) is 8.86. The third-order valence-electron chi connectivity index (χ3n) is 2.18. The quantitative estimate of drug-likeness (QED) is 0.377. The smallest absolute Gasteiger partial charge is 0.337 e. The molecule has 0 aliphatic carbocycles. The zero-order chi connectivity index (χ0) is 14.6. The summed E-state index contributed by atoms with van der Waals surface area (Å²) in [4.78, 5) is 11.1. The Morgan fingerprint density at radius 3 is 2.74 bits per heavy atom. The van der Waals surface area contributed by atoms with Crippen molar-refractivity contribution in [2.45, 2.75) is 6.92 Å². The normalized spacial score (nSPS) is 10.7. The van der Waals surface area contributed by atoms with Gasteiger partial charge < -0.3 is 10.8 Å². The van der Waals surface area contributed by atoms with Gasteiger partial charge in [0.25, 0.3) is 0 Å². The van der Waals surface area contributed by atoms with Gasteiger partial charge in [-0.25, -0.2) is 4.79 Å². The number of hydrazone groups is 1. The van der Waals surface area contributed by atoms with E-state index in [-0.39, 0.29) is 17.0 Å². The Hall–Kier alpha value is -2.59. The van der Waals surface area contributed by atoms with Gasteiger partial charge in [0.2, 0.25) is 5.71 Å². The monoisotopic (exact) mass is 279 g/mol. The fourth-order valence-corrected chi connectivity index (χ4v) is 1.38. The third kappa shape index (κ3) is 3.43. The minimum atomic E-state index is -1.17. The Morgan fingerprint density at radius 2 is 2.26 bits per heavy atom. The van der Waals surface area contributed by atoms with Gasteiger partial charge in [-0.05, 0) is 24.6 Å². The molecule has 0 heterocycles. The molecule has 0 unspecified atom stereocenters. The number of nitrogens with one attached hydrogen (secondary N) is 2. The van der Waals surface area contributed by atoms with Crippen LogP contribution >= 0.6 is 11.6 Å². The Labute approximate surface area is 113 Å². The molecule has 0 fully saturated rings. The minimum Gasteiger partial charge on any atom is -0.478 e. The highest BCUT2D eigenvalue weighted by Gasteiger charge is 2.13. The summed E-state index contributed by atoms with van der Waals surface area (Å²) < 4.78 is 0. The van der Waals surface area contributed by atoms with Crippen molar-refractivity contribution in [3.63, 3.8) is 0 Å².